The molecule has 0 amide bonds. The Morgan fingerprint density at radius 1 is 1.44 bits per heavy atom. The number of aromatic nitrogens is 4. The number of nitrogens with zero attached hydrogens (tertiary/aromatic N) is 3. The van der Waals surface area contributed by atoms with E-state index in [1.54, 1.807) is 6.92 Å². The lowest BCUT2D eigenvalue weighted by atomic mass is 10.4. The molecule has 0 aliphatic heterocycles. The molecule has 1 aliphatic rings. The van der Waals surface area contributed by atoms with E-state index in [9.17, 15) is 8.42 Å². The number of aryl methyl sites for hydroxylation is 1. The molecule has 2 heterocycles. The van der Waals surface area contributed by atoms with Crippen molar-refractivity contribution in [2.24, 2.45) is 0 Å². The zero-order chi connectivity index (χ0) is 12.8. The summed E-state index contributed by atoms with van der Waals surface area (Å²) in [7, 11) is -3.73. The van der Waals surface area contributed by atoms with Gasteiger partial charge in [0.1, 0.15) is 4.90 Å². The Bertz CT molecular complexity index is 670. The summed E-state index contributed by atoms with van der Waals surface area (Å²) in [5, 5.41) is 13.7. The lowest BCUT2D eigenvalue weighted by Crippen LogP contribution is -2.13. The lowest BCUT2D eigenvalue weighted by molar-refractivity contribution is 0.510. The van der Waals surface area contributed by atoms with E-state index >= 15 is 0 Å². The molecule has 1 fully saturated rings. The number of hydrogen-bond acceptors (Lipinski definition) is 6. The summed E-state index contributed by atoms with van der Waals surface area (Å²) >= 11 is 0. The van der Waals surface area contributed by atoms with Crippen molar-refractivity contribution in [2.45, 2.75) is 30.6 Å². The number of hydrogen-bond donors (Lipinski definition) is 2. The van der Waals surface area contributed by atoms with Crippen molar-refractivity contribution in [3.8, 4) is 0 Å². The van der Waals surface area contributed by atoms with Gasteiger partial charge in [-0.1, -0.05) is 5.10 Å². The smallest absolute Gasteiger partial charge is 0.329 e. The zero-order valence-electron chi connectivity index (χ0n) is 9.54. The average Bonchev–Trinajstić information content (AvgIpc) is 2.90. The van der Waals surface area contributed by atoms with E-state index in [-0.39, 0.29) is 16.8 Å². The molecule has 0 saturated heterocycles. The van der Waals surface area contributed by atoms with Gasteiger partial charge in [-0.05, 0) is 19.8 Å². The van der Waals surface area contributed by atoms with Gasteiger partial charge in [0.2, 0.25) is 5.89 Å². The van der Waals surface area contributed by atoms with Crippen molar-refractivity contribution in [3.63, 3.8) is 0 Å². The molecule has 0 unspecified atom stereocenters. The third-order valence-corrected chi connectivity index (χ3v) is 4.10. The molecule has 0 bridgehead atoms. The molecule has 0 atom stereocenters. The Balaban J connectivity index is 1.84. The van der Waals surface area contributed by atoms with Gasteiger partial charge >= 0.3 is 6.01 Å². The Hall–Kier alpha value is -1.90. The van der Waals surface area contributed by atoms with Crippen molar-refractivity contribution in [3.05, 3.63) is 17.8 Å². The van der Waals surface area contributed by atoms with Crippen LogP contribution in [-0.2, 0) is 10.0 Å². The van der Waals surface area contributed by atoms with Gasteiger partial charge in [-0.3, -0.25) is 5.10 Å². The summed E-state index contributed by atoms with van der Waals surface area (Å²) in [4.78, 5) is 0.0636. The molecule has 18 heavy (non-hydrogen) atoms. The van der Waals surface area contributed by atoms with Crippen LogP contribution >= 0.6 is 0 Å². The minimum Gasteiger partial charge on any atom is -0.407 e. The minimum absolute atomic E-state index is 0.0636. The van der Waals surface area contributed by atoms with Crippen LogP contribution in [0.2, 0.25) is 0 Å². The fourth-order valence-corrected chi connectivity index (χ4v) is 2.61. The first-order chi connectivity index (χ1) is 8.56. The van der Waals surface area contributed by atoms with E-state index in [0.717, 1.165) is 12.8 Å². The maximum absolute atomic E-state index is 12.0. The maximum Gasteiger partial charge on any atom is 0.329 e. The van der Waals surface area contributed by atoms with Gasteiger partial charge in [0.25, 0.3) is 10.0 Å². The molecular formula is C9H11N5O3S. The van der Waals surface area contributed by atoms with E-state index in [4.69, 9.17) is 4.42 Å². The number of sulfonamides is 1. The number of H-pyrrole nitrogens is 1. The number of anilines is 1. The van der Waals surface area contributed by atoms with E-state index < -0.39 is 10.0 Å². The molecule has 2 N–H and O–H groups in total. The van der Waals surface area contributed by atoms with Crippen LogP contribution < -0.4 is 4.72 Å². The monoisotopic (exact) mass is 269 g/mol. The molecule has 1 aliphatic carbocycles. The van der Waals surface area contributed by atoms with Gasteiger partial charge in [-0.2, -0.15) is 5.10 Å². The van der Waals surface area contributed by atoms with E-state index in [2.05, 4.69) is 25.1 Å². The van der Waals surface area contributed by atoms with Crippen LogP contribution in [0.5, 0.6) is 0 Å². The molecule has 0 radical (unpaired) electrons. The van der Waals surface area contributed by atoms with Gasteiger partial charge in [-0.15, -0.1) is 5.10 Å². The molecule has 96 valence electrons. The number of rotatable bonds is 4. The molecule has 0 aromatic carbocycles. The number of nitrogens with one attached hydrogen (secondary N) is 2. The molecule has 1 saturated carbocycles. The first-order valence-electron chi connectivity index (χ1n) is 5.42. The minimum atomic E-state index is -3.73. The van der Waals surface area contributed by atoms with Crippen molar-refractivity contribution < 1.29 is 12.8 Å². The second-order valence-electron chi connectivity index (χ2n) is 4.18. The fraction of sp³-hybridized carbons (Fsp3) is 0.444. The first kappa shape index (κ1) is 11.2. The van der Waals surface area contributed by atoms with Crippen molar-refractivity contribution >= 4 is 16.0 Å². The van der Waals surface area contributed by atoms with E-state index in [1.807, 2.05) is 0 Å². The Labute approximate surface area is 103 Å². The summed E-state index contributed by atoms with van der Waals surface area (Å²) in [6, 6.07) is -0.113. The van der Waals surface area contributed by atoms with Crippen LogP contribution in [0.1, 0.15) is 30.3 Å². The highest BCUT2D eigenvalue weighted by molar-refractivity contribution is 7.92. The zero-order valence-corrected chi connectivity index (χ0v) is 10.4. The lowest BCUT2D eigenvalue weighted by Gasteiger charge is -2.01. The standard InChI is InChI=1S/C9H11N5O3S/c1-5-7(4-10-11-5)18(15,16)14-9-13-12-8(17-9)6-2-3-6/h4,6H,2-3H2,1H3,(H,10,11)(H,13,14). The van der Waals surface area contributed by atoms with Gasteiger partial charge in [0.05, 0.1) is 11.9 Å². The second kappa shape index (κ2) is 3.80. The Kier molecular flexibility index (Phi) is 2.37. The molecule has 2 aromatic rings. The van der Waals surface area contributed by atoms with Crippen LogP contribution in [0.3, 0.4) is 0 Å². The van der Waals surface area contributed by atoms with Crippen molar-refractivity contribution in [1.82, 2.24) is 20.4 Å². The summed E-state index contributed by atoms with van der Waals surface area (Å²) in [5.41, 5.74) is 0.449. The second-order valence-corrected chi connectivity index (χ2v) is 5.84. The Morgan fingerprint density at radius 3 is 2.83 bits per heavy atom. The van der Waals surface area contributed by atoms with Crippen LogP contribution in [0, 0.1) is 6.92 Å². The summed E-state index contributed by atoms with van der Waals surface area (Å²) < 4.78 is 31.4. The fourth-order valence-electron chi connectivity index (χ4n) is 1.55. The summed E-state index contributed by atoms with van der Waals surface area (Å²) in [5.74, 6) is 0.767. The highest BCUT2D eigenvalue weighted by Gasteiger charge is 2.30. The largest absolute Gasteiger partial charge is 0.407 e. The van der Waals surface area contributed by atoms with Gasteiger partial charge in [-0.25, -0.2) is 13.1 Å². The molecular weight excluding hydrogens is 258 g/mol. The summed E-state index contributed by atoms with van der Waals surface area (Å²) in [6.45, 7) is 1.62. The third kappa shape index (κ3) is 1.96. The quantitative estimate of drug-likeness (QED) is 0.847. The van der Waals surface area contributed by atoms with Crippen molar-refractivity contribution in [1.29, 1.82) is 0 Å². The van der Waals surface area contributed by atoms with Crippen LogP contribution in [0.4, 0.5) is 6.01 Å². The van der Waals surface area contributed by atoms with E-state index in [0.29, 0.717) is 11.6 Å². The van der Waals surface area contributed by atoms with Crippen LogP contribution in [-0.4, -0.2) is 28.8 Å². The Morgan fingerprint density at radius 2 is 2.22 bits per heavy atom. The molecule has 3 rings (SSSR count). The topological polar surface area (TPSA) is 114 Å². The third-order valence-electron chi connectivity index (χ3n) is 2.66. The summed E-state index contributed by atoms with van der Waals surface area (Å²) in [6.07, 6.45) is 3.25. The highest BCUT2D eigenvalue weighted by atomic mass is 32.2. The molecule has 0 spiro atoms. The normalized spacial score (nSPS) is 15.8. The van der Waals surface area contributed by atoms with Gasteiger partial charge in [0.15, 0.2) is 0 Å². The molecule has 2 aromatic heterocycles. The van der Waals surface area contributed by atoms with Crippen LogP contribution in [0.15, 0.2) is 15.5 Å². The predicted octanol–water partition coefficient (Wildman–Crippen LogP) is 0.779. The first-order valence-corrected chi connectivity index (χ1v) is 6.91. The molecule has 9 heteroatoms. The van der Waals surface area contributed by atoms with Gasteiger partial charge in [0, 0.05) is 5.92 Å². The predicted molar refractivity (Wildman–Crippen MR) is 60.4 cm³/mol. The molecule has 8 nitrogen and oxygen atoms in total. The SMILES string of the molecule is Cc1[nH]ncc1S(=O)(=O)Nc1nnc(C2CC2)o1. The van der Waals surface area contributed by atoms with E-state index in [1.165, 1.54) is 6.20 Å². The highest BCUT2D eigenvalue weighted by Crippen LogP contribution is 2.39. The van der Waals surface area contributed by atoms with Gasteiger partial charge < -0.3 is 4.42 Å². The average molecular weight is 269 g/mol. The number of aromatic amines is 1. The van der Waals surface area contributed by atoms with Crippen molar-refractivity contribution in [2.75, 3.05) is 4.72 Å². The van der Waals surface area contributed by atoms with Crippen LogP contribution in [0.25, 0.3) is 0 Å². The maximum atomic E-state index is 12.0.